The molecule has 1 unspecified atom stereocenters. The third-order valence-electron chi connectivity index (χ3n) is 4.59. The molecule has 0 radical (unpaired) electrons. The van der Waals surface area contributed by atoms with E-state index in [1.165, 1.54) is 22.3 Å². The van der Waals surface area contributed by atoms with Gasteiger partial charge in [0.1, 0.15) is 5.70 Å². The second kappa shape index (κ2) is 7.09. The number of hydroxylamine groups is 2. The van der Waals surface area contributed by atoms with Gasteiger partial charge in [-0.3, -0.25) is 0 Å². The lowest BCUT2D eigenvalue weighted by Crippen LogP contribution is -3.02. The maximum absolute atomic E-state index is 12.4. The highest BCUT2D eigenvalue weighted by Gasteiger charge is 2.23. The predicted octanol–water partition coefficient (Wildman–Crippen LogP) is 2.17. The second-order valence-electron chi connectivity index (χ2n) is 6.08. The number of hydrogen-bond donors (Lipinski definition) is 2. The molecule has 23 heavy (non-hydrogen) atoms. The van der Waals surface area contributed by atoms with Crippen molar-refractivity contribution in [3.05, 3.63) is 81.7 Å². The minimum absolute atomic E-state index is 0.168. The molecule has 2 aromatic carbocycles. The van der Waals surface area contributed by atoms with Crippen LogP contribution in [0.1, 0.15) is 28.7 Å². The van der Waals surface area contributed by atoms with Crippen LogP contribution in [0.15, 0.2) is 54.2 Å². The lowest BCUT2D eigenvalue weighted by molar-refractivity contribution is -0.783. The summed E-state index contributed by atoms with van der Waals surface area (Å²) in [5, 5.41) is 15.7. The van der Waals surface area contributed by atoms with Crippen molar-refractivity contribution in [2.75, 3.05) is 20.6 Å². The van der Waals surface area contributed by atoms with Gasteiger partial charge in [-0.15, -0.1) is 0 Å². The Balaban J connectivity index is 2.27. The molecule has 0 bridgehead atoms. The monoisotopic (exact) mass is 308 g/mol. The largest absolute Gasteiger partial charge is 0.629 e. The first-order valence-electron chi connectivity index (χ1n) is 8.27. The van der Waals surface area contributed by atoms with E-state index in [0.717, 1.165) is 37.1 Å². The Labute approximate surface area is 138 Å². The zero-order chi connectivity index (χ0) is 16.2. The van der Waals surface area contributed by atoms with Gasteiger partial charge in [-0.25, -0.2) is 0 Å². The standard InChI is InChI=1S/C20H24N2O/c1-21-14-13-19(22(2)23)20-17-9-5-3-7-15(17)11-12-16-8-4-6-10-18(16)20/h3-10,21-22H,11-14H2,1-2H3. The molecule has 3 heteroatoms. The molecule has 1 aliphatic carbocycles. The van der Waals surface area contributed by atoms with E-state index in [1.54, 1.807) is 7.05 Å². The van der Waals surface area contributed by atoms with E-state index in [9.17, 15) is 5.21 Å². The number of benzene rings is 2. The van der Waals surface area contributed by atoms with Crippen LogP contribution in [0.2, 0.25) is 0 Å². The Morgan fingerprint density at radius 1 is 1.00 bits per heavy atom. The Hall–Kier alpha value is -1.94. The van der Waals surface area contributed by atoms with Crippen molar-refractivity contribution in [3.63, 3.8) is 0 Å². The van der Waals surface area contributed by atoms with Crippen LogP contribution in [0.25, 0.3) is 5.57 Å². The lowest BCUT2D eigenvalue weighted by atomic mass is 9.91. The first-order valence-corrected chi connectivity index (χ1v) is 8.27. The van der Waals surface area contributed by atoms with E-state index in [1.807, 2.05) is 7.05 Å². The molecule has 3 nitrogen and oxygen atoms in total. The third-order valence-corrected chi connectivity index (χ3v) is 4.59. The van der Waals surface area contributed by atoms with Gasteiger partial charge in [0.2, 0.25) is 0 Å². The fraction of sp³-hybridized carbons (Fsp3) is 0.300. The molecule has 0 saturated heterocycles. The smallest absolute Gasteiger partial charge is 0.117 e. The molecule has 0 aliphatic heterocycles. The minimum atomic E-state index is 0.168. The van der Waals surface area contributed by atoms with Gasteiger partial charge in [0.25, 0.3) is 0 Å². The van der Waals surface area contributed by atoms with Crippen LogP contribution in [0.3, 0.4) is 0 Å². The van der Waals surface area contributed by atoms with Crippen molar-refractivity contribution in [2.24, 2.45) is 0 Å². The molecule has 1 atom stereocenters. The molecular formula is C20H24N2O. The van der Waals surface area contributed by atoms with Crippen LogP contribution < -0.4 is 10.4 Å². The first kappa shape index (κ1) is 15.9. The van der Waals surface area contributed by atoms with Gasteiger partial charge in [-0.2, -0.15) is 0 Å². The third kappa shape index (κ3) is 3.22. The maximum atomic E-state index is 12.4. The summed E-state index contributed by atoms with van der Waals surface area (Å²) in [7, 11) is 3.62. The van der Waals surface area contributed by atoms with Crippen molar-refractivity contribution in [1.29, 1.82) is 0 Å². The zero-order valence-corrected chi connectivity index (χ0v) is 13.9. The average molecular weight is 308 g/mol. The van der Waals surface area contributed by atoms with Crippen LogP contribution in [0.5, 0.6) is 0 Å². The Kier molecular flexibility index (Phi) is 4.91. The number of hydrogen-bond acceptors (Lipinski definition) is 2. The molecule has 0 heterocycles. The molecule has 0 spiro atoms. The quantitative estimate of drug-likeness (QED) is 0.850. The number of aryl methyl sites for hydroxylation is 2. The molecule has 0 aromatic heterocycles. The van der Waals surface area contributed by atoms with Crippen LogP contribution in [0.4, 0.5) is 0 Å². The van der Waals surface area contributed by atoms with Gasteiger partial charge < -0.3 is 15.6 Å². The molecular weight excluding hydrogens is 284 g/mol. The van der Waals surface area contributed by atoms with Gasteiger partial charge in [0.05, 0.1) is 7.05 Å². The number of rotatable bonds is 4. The van der Waals surface area contributed by atoms with Gasteiger partial charge >= 0.3 is 0 Å². The summed E-state index contributed by atoms with van der Waals surface area (Å²) in [4.78, 5) is 0. The summed E-state index contributed by atoms with van der Waals surface area (Å²) in [6.45, 7) is 0.808. The fourth-order valence-corrected chi connectivity index (χ4v) is 3.43. The highest BCUT2D eigenvalue weighted by atomic mass is 16.5. The molecule has 0 amide bonds. The van der Waals surface area contributed by atoms with Gasteiger partial charge in [-0.05, 0) is 42.1 Å². The molecule has 2 N–H and O–H groups in total. The minimum Gasteiger partial charge on any atom is -0.629 e. The Morgan fingerprint density at radius 2 is 1.52 bits per heavy atom. The highest BCUT2D eigenvalue weighted by Crippen LogP contribution is 2.35. The molecule has 0 fully saturated rings. The van der Waals surface area contributed by atoms with E-state index in [0.29, 0.717) is 0 Å². The summed E-state index contributed by atoms with van der Waals surface area (Å²) < 4.78 is 0. The van der Waals surface area contributed by atoms with E-state index in [-0.39, 0.29) is 5.06 Å². The lowest BCUT2D eigenvalue weighted by Gasteiger charge is -2.24. The van der Waals surface area contributed by atoms with Gasteiger partial charge in [0.15, 0.2) is 0 Å². The Morgan fingerprint density at radius 3 is 2.00 bits per heavy atom. The SMILES string of the molecule is CNCCC(=C1c2ccccc2CCc2ccccc21)[NH+](C)[O-]. The van der Waals surface area contributed by atoms with E-state index in [2.05, 4.69) is 53.8 Å². The molecule has 120 valence electrons. The summed E-state index contributed by atoms with van der Waals surface area (Å²) in [5.41, 5.74) is 7.18. The molecule has 0 saturated carbocycles. The van der Waals surface area contributed by atoms with Crippen molar-refractivity contribution in [2.45, 2.75) is 19.3 Å². The summed E-state index contributed by atoms with van der Waals surface area (Å²) in [5.74, 6) is 0. The van der Waals surface area contributed by atoms with Gasteiger partial charge in [0, 0.05) is 18.5 Å². The van der Waals surface area contributed by atoms with Crippen molar-refractivity contribution in [3.8, 4) is 0 Å². The second-order valence-corrected chi connectivity index (χ2v) is 6.08. The first-order chi connectivity index (χ1) is 11.2. The molecule has 1 aliphatic rings. The summed E-state index contributed by atoms with van der Waals surface area (Å²) in [6, 6.07) is 17.0. The van der Waals surface area contributed by atoms with E-state index in [4.69, 9.17) is 0 Å². The van der Waals surface area contributed by atoms with Crippen LogP contribution >= 0.6 is 0 Å². The number of quaternary nitrogens is 1. The topological polar surface area (TPSA) is 39.5 Å². The predicted molar refractivity (Wildman–Crippen MR) is 95.1 cm³/mol. The summed E-state index contributed by atoms with van der Waals surface area (Å²) in [6.07, 6.45) is 2.80. The van der Waals surface area contributed by atoms with E-state index < -0.39 is 0 Å². The average Bonchev–Trinajstić information content (AvgIpc) is 2.73. The van der Waals surface area contributed by atoms with Crippen molar-refractivity contribution >= 4 is 5.57 Å². The maximum Gasteiger partial charge on any atom is 0.117 e. The zero-order valence-electron chi connectivity index (χ0n) is 13.9. The van der Waals surface area contributed by atoms with Gasteiger partial charge in [-0.1, -0.05) is 48.5 Å². The highest BCUT2D eigenvalue weighted by molar-refractivity contribution is 5.85. The summed E-state index contributed by atoms with van der Waals surface area (Å²) >= 11 is 0. The van der Waals surface area contributed by atoms with E-state index >= 15 is 0 Å². The Bertz CT molecular complexity index is 670. The molecule has 3 rings (SSSR count). The van der Waals surface area contributed by atoms with Crippen molar-refractivity contribution in [1.82, 2.24) is 5.32 Å². The van der Waals surface area contributed by atoms with Crippen LogP contribution in [-0.4, -0.2) is 20.6 Å². The molecule has 2 aromatic rings. The van der Waals surface area contributed by atoms with Crippen molar-refractivity contribution < 1.29 is 5.06 Å². The van der Waals surface area contributed by atoms with Crippen LogP contribution in [0, 0.1) is 5.21 Å². The van der Waals surface area contributed by atoms with Crippen LogP contribution in [-0.2, 0) is 12.8 Å². The fourth-order valence-electron chi connectivity index (χ4n) is 3.43. The number of nitrogens with one attached hydrogen (secondary N) is 2. The number of fused-ring (bicyclic) bond motifs is 2. The normalized spacial score (nSPS) is 14.7.